The Morgan fingerprint density at radius 2 is 2.13 bits per heavy atom. The van der Waals surface area contributed by atoms with E-state index in [9.17, 15) is 4.79 Å². The number of halogens is 1. The minimum atomic E-state index is 0. The topological polar surface area (TPSA) is 55.6 Å². The van der Waals surface area contributed by atoms with E-state index in [1.165, 1.54) is 6.42 Å². The smallest absolute Gasteiger partial charge is 0.222 e. The zero-order chi connectivity index (χ0) is 15.9. The standard InChI is InChI=1S/C18H28N2O2.ClH/c1-14-8-3-4-10-17(14)22-13-7-11-18(21)20-12-6-5-9-16(20)15(2)19;/h3-4,8,10,15-16H,5-7,9,11-13,19H2,1-2H3;1H. The number of hydrogen-bond donors (Lipinski definition) is 1. The highest BCUT2D eigenvalue weighted by Gasteiger charge is 2.28. The largest absolute Gasteiger partial charge is 0.493 e. The van der Waals surface area contributed by atoms with Crippen LogP contribution in [0.2, 0.25) is 0 Å². The van der Waals surface area contributed by atoms with Crippen LogP contribution in [0.5, 0.6) is 5.75 Å². The maximum absolute atomic E-state index is 12.4. The van der Waals surface area contributed by atoms with Gasteiger partial charge < -0.3 is 15.4 Å². The number of likely N-dealkylation sites (tertiary alicyclic amines) is 1. The first kappa shape index (κ1) is 19.8. The Balaban J connectivity index is 0.00000264. The van der Waals surface area contributed by atoms with Gasteiger partial charge in [-0.3, -0.25) is 4.79 Å². The number of rotatable bonds is 6. The quantitative estimate of drug-likeness (QED) is 0.808. The molecule has 4 nitrogen and oxygen atoms in total. The van der Waals surface area contributed by atoms with Crippen molar-refractivity contribution in [2.75, 3.05) is 13.2 Å². The highest BCUT2D eigenvalue weighted by atomic mass is 35.5. The fraction of sp³-hybridized carbons (Fsp3) is 0.611. The molecule has 23 heavy (non-hydrogen) atoms. The van der Waals surface area contributed by atoms with Gasteiger partial charge in [0, 0.05) is 25.0 Å². The van der Waals surface area contributed by atoms with Gasteiger partial charge >= 0.3 is 0 Å². The summed E-state index contributed by atoms with van der Waals surface area (Å²) in [5.74, 6) is 1.12. The van der Waals surface area contributed by atoms with Crippen molar-refractivity contribution in [3.63, 3.8) is 0 Å². The molecule has 1 aromatic carbocycles. The number of para-hydroxylation sites is 1. The fourth-order valence-corrected chi connectivity index (χ4v) is 3.08. The Kier molecular flexibility index (Phi) is 8.42. The highest BCUT2D eigenvalue weighted by Crippen LogP contribution is 2.21. The third-order valence-corrected chi connectivity index (χ3v) is 4.36. The number of amides is 1. The zero-order valence-corrected chi connectivity index (χ0v) is 15.0. The summed E-state index contributed by atoms with van der Waals surface area (Å²) < 4.78 is 5.75. The van der Waals surface area contributed by atoms with Gasteiger partial charge in [0.25, 0.3) is 0 Å². The number of nitrogens with zero attached hydrogens (tertiary/aromatic N) is 1. The third-order valence-electron chi connectivity index (χ3n) is 4.36. The molecule has 2 unspecified atom stereocenters. The molecule has 2 rings (SSSR count). The number of ether oxygens (including phenoxy) is 1. The molecule has 2 atom stereocenters. The zero-order valence-electron chi connectivity index (χ0n) is 14.2. The molecule has 0 radical (unpaired) electrons. The Labute approximate surface area is 145 Å². The Morgan fingerprint density at radius 1 is 1.39 bits per heavy atom. The number of hydrogen-bond acceptors (Lipinski definition) is 3. The van der Waals surface area contributed by atoms with Crippen molar-refractivity contribution < 1.29 is 9.53 Å². The van der Waals surface area contributed by atoms with Gasteiger partial charge in [0.05, 0.1) is 6.61 Å². The Bertz CT molecular complexity index is 494. The van der Waals surface area contributed by atoms with Crippen LogP contribution in [-0.2, 0) is 4.79 Å². The van der Waals surface area contributed by atoms with E-state index in [2.05, 4.69) is 0 Å². The second-order valence-corrected chi connectivity index (χ2v) is 6.23. The van der Waals surface area contributed by atoms with Crippen LogP contribution in [-0.4, -0.2) is 36.0 Å². The summed E-state index contributed by atoms with van der Waals surface area (Å²) in [6.07, 6.45) is 4.58. The highest BCUT2D eigenvalue weighted by molar-refractivity contribution is 5.85. The molecule has 0 aromatic heterocycles. The van der Waals surface area contributed by atoms with E-state index in [0.29, 0.717) is 13.0 Å². The number of carbonyl (C=O) groups is 1. The van der Waals surface area contributed by atoms with E-state index in [1.807, 2.05) is 43.0 Å². The molecule has 1 heterocycles. The van der Waals surface area contributed by atoms with Crippen LogP contribution in [0.4, 0.5) is 0 Å². The number of carbonyl (C=O) groups excluding carboxylic acids is 1. The van der Waals surface area contributed by atoms with Gasteiger partial charge in [-0.25, -0.2) is 0 Å². The van der Waals surface area contributed by atoms with Crippen molar-refractivity contribution in [1.82, 2.24) is 4.90 Å². The fourth-order valence-electron chi connectivity index (χ4n) is 3.08. The van der Waals surface area contributed by atoms with Crippen molar-refractivity contribution >= 4 is 18.3 Å². The summed E-state index contributed by atoms with van der Waals surface area (Å²) in [5, 5.41) is 0. The minimum absolute atomic E-state index is 0. The van der Waals surface area contributed by atoms with Gasteiger partial charge in [0.1, 0.15) is 5.75 Å². The molecule has 0 aliphatic carbocycles. The lowest BCUT2D eigenvalue weighted by Crippen LogP contribution is -2.51. The molecule has 0 spiro atoms. The molecule has 0 bridgehead atoms. The first-order chi connectivity index (χ1) is 10.6. The summed E-state index contributed by atoms with van der Waals surface area (Å²) in [4.78, 5) is 14.4. The molecule has 1 aromatic rings. The van der Waals surface area contributed by atoms with E-state index in [0.717, 1.165) is 37.1 Å². The molecular weight excluding hydrogens is 312 g/mol. The van der Waals surface area contributed by atoms with Crippen LogP contribution >= 0.6 is 12.4 Å². The number of benzene rings is 1. The van der Waals surface area contributed by atoms with E-state index in [1.54, 1.807) is 0 Å². The number of nitrogens with two attached hydrogens (primary N) is 1. The van der Waals surface area contributed by atoms with Gasteiger partial charge in [-0.2, -0.15) is 0 Å². The SMILES string of the molecule is Cc1ccccc1OCCCC(=O)N1CCCCC1C(C)N.Cl. The maximum Gasteiger partial charge on any atom is 0.222 e. The van der Waals surface area contributed by atoms with Gasteiger partial charge in [-0.05, 0) is 51.2 Å². The second kappa shape index (κ2) is 9.78. The molecule has 1 aliphatic rings. The molecule has 1 fully saturated rings. The van der Waals surface area contributed by atoms with E-state index in [4.69, 9.17) is 10.5 Å². The van der Waals surface area contributed by atoms with E-state index < -0.39 is 0 Å². The van der Waals surface area contributed by atoms with Crippen molar-refractivity contribution in [3.8, 4) is 5.75 Å². The van der Waals surface area contributed by atoms with Gasteiger partial charge in [0.15, 0.2) is 0 Å². The molecule has 130 valence electrons. The number of aryl methyl sites for hydroxylation is 1. The molecule has 1 aliphatic heterocycles. The average molecular weight is 341 g/mol. The monoisotopic (exact) mass is 340 g/mol. The molecular formula is C18H29ClN2O2. The van der Waals surface area contributed by atoms with Crippen molar-refractivity contribution in [1.29, 1.82) is 0 Å². The van der Waals surface area contributed by atoms with E-state index in [-0.39, 0.29) is 30.4 Å². The predicted molar refractivity (Wildman–Crippen MR) is 96.2 cm³/mol. The molecule has 5 heteroatoms. The minimum Gasteiger partial charge on any atom is -0.493 e. The van der Waals surface area contributed by atoms with Crippen LogP contribution in [0, 0.1) is 6.92 Å². The van der Waals surface area contributed by atoms with Crippen molar-refractivity contribution in [2.24, 2.45) is 5.73 Å². The maximum atomic E-state index is 12.4. The van der Waals surface area contributed by atoms with Crippen LogP contribution in [0.1, 0.15) is 44.6 Å². The molecule has 1 saturated heterocycles. The summed E-state index contributed by atoms with van der Waals surface area (Å²) in [6.45, 7) is 5.45. The average Bonchev–Trinajstić information content (AvgIpc) is 2.52. The van der Waals surface area contributed by atoms with Crippen molar-refractivity contribution in [3.05, 3.63) is 29.8 Å². The lowest BCUT2D eigenvalue weighted by Gasteiger charge is -2.38. The summed E-state index contributed by atoms with van der Waals surface area (Å²) in [7, 11) is 0. The van der Waals surface area contributed by atoms with Crippen LogP contribution < -0.4 is 10.5 Å². The summed E-state index contributed by atoms with van der Waals surface area (Å²) >= 11 is 0. The molecule has 0 saturated carbocycles. The first-order valence-electron chi connectivity index (χ1n) is 8.33. The number of piperidine rings is 1. The molecule has 1 amide bonds. The Hall–Kier alpha value is -1.26. The van der Waals surface area contributed by atoms with Crippen LogP contribution in [0.25, 0.3) is 0 Å². The lowest BCUT2D eigenvalue weighted by molar-refractivity contribution is -0.135. The van der Waals surface area contributed by atoms with Gasteiger partial charge in [0.2, 0.25) is 5.91 Å². The van der Waals surface area contributed by atoms with Gasteiger partial charge in [-0.15, -0.1) is 12.4 Å². The third kappa shape index (κ3) is 5.70. The van der Waals surface area contributed by atoms with Gasteiger partial charge in [-0.1, -0.05) is 18.2 Å². The van der Waals surface area contributed by atoms with Crippen molar-refractivity contribution in [2.45, 2.75) is 58.0 Å². The summed E-state index contributed by atoms with van der Waals surface area (Å²) in [6, 6.07) is 8.21. The second-order valence-electron chi connectivity index (χ2n) is 6.23. The van der Waals surface area contributed by atoms with Crippen LogP contribution in [0.15, 0.2) is 24.3 Å². The van der Waals surface area contributed by atoms with E-state index >= 15 is 0 Å². The lowest BCUT2D eigenvalue weighted by atomic mass is 9.96. The Morgan fingerprint density at radius 3 is 2.83 bits per heavy atom. The molecule has 2 N–H and O–H groups in total. The predicted octanol–water partition coefficient (Wildman–Crippen LogP) is 3.30. The normalized spacial score (nSPS) is 18.9. The summed E-state index contributed by atoms with van der Waals surface area (Å²) in [5.41, 5.74) is 7.15. The first-order valence-corrected chi connectivity index (χ1v) is 8.33. The van der Waals surface area contributed by atoms with Crippen LogP contribution in [0.3, 0.4) is 0 Å².